The molecule has 0 radical (unpaired) electrons. The monoisotopic (exact) mass is 355 g/mol. The van der Waals surface area contributed by atoms with Crippen molar-refractivity contribution in [3.8, 4) is 0 Å². The van der Waals surface area contributed by atoms with Crippen LogP contribution in [0.1, 0.15) is 38.3 Å². The van der Waals surface area contributed by atoms with Gasteiger partial charge in [0.2, 0.25) is 0 Å². The van der Waals surface area contributed by atoms with E-state index in [1.165, 1.54) is 0 Å². The molecule has 2 N–H and O–H groups in total. The van der Waals surface area contributed by atoms with Crippen molar-refractivity contribution in [3.63, 3.8) is 0 Å². The second-order valence-corrected chi connectivity index (χ2v) is 7.78. The van der Waals surface area contributed by atoms with Gasteiger partial charge in [-0.2, -0.15) is 0 Å². The molecule has 0 spiro atoms. The van der Waals surface area contributed by atoms with Gasteiger partial charge in [0.25, 0.3) is 0 Å². The molecule has 0 fully saturated rings. The highest BCUT2D eigenvalue weighted by molar-refractivity contribution is 6.30. The number of fused-ring (bicyclic) bond motifs is 1. The van der Waals surface area contributed by atoms with Crippen molar-refractivity contribution >= 4 is 34.3 Å². The molecule has 2 aliphatic rings. The summed E-state index contributed by atoms with van der Waals surface area (Å²) in [6, 6.07) is 8.64. The lowest BCUT2D eigenvalue weighted by Gasteiger charge is -2.38. The smallest absolute Gasteiger partial charge is 0.319 e. The zero-order valence-electron chi connectivity index (χ0n) is 14.0. The molecule has 2 aromatic rings. The summed E-state index contributed by atoms with van der Waals surface area (Å²) < 4.78 is 0. The normalized spacial score (nSPS) is 22.4. The summed E-state index contributed by atoms with van der Waals surface area (Å²) in [5.74, 6) is 0.0352. The third-order valence-electron chi connectivity index (χ3n) is 4.76. The minimum absolute atomic E-state index is 0.0352. The largest absolute Gasteiger partial charge is 0.327 e. The third-order valence-corrected chi connectivity index (χ3v) is 5.07. The number of nitrogens with one attached hydrogen (secondary N) is 2. The Kier molecular flexibility index (Phi) is 3.58. The lowest BCUT2D eigenvalue weighted by molar-refractivity contribution is -0.118. The Labute approximate surface area is 150 Å². The first kappa shape index (κ1) is 16.1. The van der Waals surface area contributed by atoms with Crippen molar-refractivity contribution in [2.75, 3.05) is 0 Å². The first-order valence-corrected chi connectivity index (χ1v) is 8.61. The number of hydrogen-bond acceptors (Lipinski definition) is 3. The predicted molar refractivity (Wildman–Crippen MR) is 96.2 cm³/mol. The van der Waals surface area contributed by atoms with Gasteiger partial charge in [-0.25, -0.2) is 9.78 Å². The van der Waals surface area contributed by atoms with Gasteiger partial charge in [-0.1, -0.05) is 43.6 Å². The quantitative estimate of drug-likeness (QED) is 0.762. The van der Waals surface area contributed by atoms with Gasteiger partial charge >= 0.3 is 6.03 Å². The van der Waals surface area contributed by atoms with Crippen molar-refractivity contribution in [3.05, 3.63) is 52.3 Å². The van der Waals surface area contributed by atoms with E-state index in [0.717, 1.165) is 10.9 Å². The summed E-state index contributed by atoms with van der Waals surface area (Å²) in [6.07, 6.45) is 1.09. The molecule has 1 aliphatic heterocycles. The highest BCUT2D eigenvalue weighted by Gasteiger charge is 2.41. The summed E-state index contributed by atoms with van der Waals surface area (Å²) >= 11 is 6.40. The fourth-order valence-corrected chi connectivity index (χ4v) is 3.96. The summed E-state index contributed by atoms with van der Waals surface area (Å²) in [4.78, 5) is 29.4. The number of urea groups is 1. The summed E-state index contributed by atoms with van der Waals surface area (Å²) in [5, 5.41) is 6.87. The first-order valence-electron chi connectivity index (χ1n) is 8.23. The number of benzene rings is 1. The maximum Gasteiger partial charge on any atom is 0.319 e. The summed E-state index contributed by atoms with van der Waals surface area (Å²) in [7, 11) is 0. The van der Waals surface area contributed by atoms with Gasteiger partial charge < -0.3 is 10.6 Å². The van der Waals surface area contributed by atoms with Crippen LogP contribution >= 0.6 is 11.6 Å². The Morgan fingerprint density at radius 1 is 1.20 bits per heavy atom. The number of nitrogens with zero attached hydrogens (tertiary/aromatic N) is 1. The Hall–Kier alpha value is -2.40. The Bertz CT molecular complexity index is 949. The number of Topliss-reactive ketones (excluding diaryl/α,β-unsaturated/α-hetero) is 1. The van der Waals surface area contributed by atoms with Gasteiger partial charge in [-0.3, -0.25) is 4.79 Å². The Balaban J connectivity index is 1.88. The van der Waals surface area contributed by atoms with Crippen molar-refractivity contribution in [1.82, 2.24) is 15.6 Å². The van der Waals surface area contributed by atoms with E-state index >= 15 is 0 Å². The fraction of sp³-hybridized carbons (Fsp3) is 0.316. The molecule has 1 aromatic heterocycles. The molecule has 0 bridgehead atoms. The maximum absolute atomic E-state index is 12.8. The zero-order chi connectivity index (χ0) is 17.8. The zero-order valence-corrected chi connectivity index (χ0v) is 14.8. The maximum atomic E-state index is 12.8. The van der Waals surface area contributed by atoms with E-state index in [-0.39, 0.29) is 17.2 Å². The number of amides is 2. The van der Waals surface area contributed by atoms with Crippen LogP contribution in [0.4, 0.5) is 4.79 Å². The van der Waals surface area contributed by atoms with Gasteiger partial charge in [0.15, 0.2) is 5.78 Å². The molecule has 1 unspecified atom stereocenters. The number of allylic oxidation sites excluding steroid dienone is 1. The highest BCUT2D eigenvalue weighted by Crippen LogP contribution is 2.42. The number of carbonyl (C=O) groups is 2. The molecule has 25 heavy (non-hydrogen) atoms. The van der Waals surface area contributed by atoms with Gasteiger partial charge in [-0.15, -0.1) is 0 Å². The average Bonchev–Trinajstić information content (AvgIpc) is 2.51. The molecular weight excluding hydrogens is 338 g/mol. The first-order chi connectivity index (χ1) is 11.8. The third kappa shape index (κ3) is 2.78. The van der Waals surface area contributed by atoms with Crippen LogP contribution in [0, 0.1) is 5.41 Å². The van der Waals surface area contributed by atoms with E-state index in [0.29, 0.717) is 34.8 Å². The lowest BCUT2D eigenvalue weighted by atomic mass is 9.73. The molecule has 6 heteroatoms. The molecule has 1 aliphatic carbocycles. The number of ketones is 1. The van der Waals surface area contributed by atoms with Crippen molar-refractivity contribution in [1.29, 1.82) is 0 Å². The van der Waals surface area contributed by atoms with Gasteiger partial charge in [-0.05, 0) is 24.0 Å². The molecule has 4 rings (SSSR count). The van der Waals surface area contributed by atoms with Crippen LogP contribution < -0.4 is 10.6 Å². The van der Waals surface area contributed by atoms with Gasteiger partial charge in [0.1, 0.15) is 5.15 Å². The second kappa shape index (κ2) is 5.56. The van der Waals surface area contributed by atoms with E-state index in [1.807, 2.05) is 44.2 Å². The van der Waals surface area contributed by atoms with E-state index < -0.39 is 6.04 Å². The predicted octanol–water partition coefficient (Wildman–Crippen LogP) is 3.89. The number of para-hydroxylation sites is 1. The highest BCUT2D eigenvalue weighted by atomic mass is 35.5. The van der Waals surface area contributed by atoms with E-state index in [4.69, 9.17) is 11.6 Å². The topological polar surface area (TPSA) is 71.1 Å². The van der Waals surface area contributed by atoms with Gasteiger partial charge in [0, 0.05) is 28.6 Å². The molecule has 0 saturated carbocycles. The van der Waals surface area contributed by atoms with E-state index in [2.05, 4.69) is 15.6 Å². The number of aromatic nitrogens is 1. The molecule has 2 heterocycles. The molecule has 0 saturated heterocycles. The van der Waals surface area contributed by atoms with Crippen molar-refractivity contribution in [2.24, 2.45) is 5.41 Å². The number of hydrogen-bond donors (Lipinski definition) is 2. The minimum Gasteiger partial charge on any atom is -0.327 e. The van der Waals surface area contributed by atoms with Gasteiger partial charge in [0.05, 0.1) is 11.6 Å². The van der Waals surface area contributed by atoms with Crippen LogP contribution in [0.3, 0.4) is 0 Å². The molecular formula is C19H18ClN3O2. The summed E-state index contributed by atoms with van der Waals surface area (Å²) in [5.41, 5.74) is 2.55. The number of pyridine rings is 1. The molecule has 5 nitrogen and oxygen atoms in total. The average molecular weight is 356 g/mol. The molecule has 128 valence electrons. The second-order valence-electron chi connectivity index (χ2n) is 7.43. The van der Waals surface area contributed by atoms with Crippen LogP contribution in [-0.2, 0) is 4.79 Å². The summed E-state index contributed by atoms with van der Waals surface area (Å²) in [6.45, 7) is 4.06. The fourth-order valence-electron chi connectivity index (χ4n) is 3.70. The van der Waals surface area contributed by atoms with E-state index in [9.17, 15) is 9.59 Å². The Morgan fingerprint density at radius 3 is 2.76 bits per heavy atom. The number of carbonyl (C=O) groups excluding carboxylic acids is 2. The van der Waals surface area contributed by atoms with Crippen LogP contribution in [0.5, 0.6) is 0 Å². The molecule has 1 atom stereocenters. The van der Waals surface area contributed by atoms with Crippen LogP contribution in [0.15, 0.2) is 41.6 Å². The van der Waals surface area contributed by atoms with Crippen LogP contribution in [0.25, 0.3) is 10.9 Å². The molecule has 2 amide bonds. The van der Waals surface area contributed by atoms with Crippen LogP contribution in [0.2, 0.25) is 5.15 Å². The molecule has 1 aromatic carbocycles. The van der Waals surface area contributed by atoms with Crippen molar-refractivity contribution in [2.45, 2.75) is 32.7 Å². The SMILES string of the molecule is CC1(C)CC(=O)C2=C(C1)NC(=O)NC2c1cc2ccccc2nc1Cl. The van der Waals surface area contributed by atoms with Crippen LogP contribution in [-0.4, -0.2) is 16.8 Å². The van der Waals surface area contributed by atoms with Crippen molar-refractivity contribution < 1.29 is 9.59 Å². The number of rotatable bonds is 1. The Morgan fingerprint density at radius 2 is 1.96 bits per heavy atom. The standard InChI is InChI=1S/C19H18ClN3O2/c1-19(2)8-13-15(14(24)9-19)16(23-18(25)22-13)11-7-10-5-3-4-6-12(10)21-17(11)20/h3-7,16H,8-9H2,1-2H3,(H2,22,23,25). The van der Waals surface area contributed by atoms with E-state index in [1.54, 1.807) is 0 Å². The number of halogens is 1. The lowest BCUT2D eigenvalue weighted by Crippen LogP contribution is -2.48. The minimum atomic E-state index is -0.572.